The number of aryl methyl sites for hydroxylation is 1. The summed E-state index contributed by atoms with van der Waals surface area (Å²) in [6.07, 6.45) is 0. The number of fused-ring (bicyclic) bond motifs is 1. The summed E-state index contributed by atoms with van der Waals surface area (Å²) in [5.41, 5.74) is 0.216. The van der Waals surface area contributed by atoms with Crippen molar-refractivity contribution in [1.82, 2.24) is 15.1 Å². The van der Waals surface area contributed by atoms with Gasteiger partial charge in [0.05, 0.1) is 5.69 Å². The fourth-order valence-corrected chi connectivity index (χ4v) is 3.30. The molecule has 180 valence electrons. The zero-order valence-electron chi connectivity index (χ0n) is 18.4. The first-order chi connectivity index (χ1) is 16.8. The van der Waals surface area contributed by atoms with Crippen molar-refractivity contribution in [3.63, 3.8) is 0 Å². The lowest BCUT2D eigenvalue weighted by Gasteiger charge is -2.19. The number of carbonyl (C=O) groups is 3. The number of aromatic nitrogens is 2. The van der Waals surface area contributed by atoms with Gasteiger partial charge >= 0.3 is 12.0 Å². The van der Waals surface area contributed by atoms with Crippen LogP contribution >= 0.6 is 11.6 Å². The number of esters is 1. The number of hydrogen-bond acceptors (Lipinski definition) is 8. The van der Waals surface area contributed by atoms with Crippen molar-refractivity contribution < 1.29 is 28.6 Å². The number of anilines is 1. The summed E-state index contributed by atoms with van der Waals surface area (Å²) in [5, 5.41) is 9.06. The van der Waals surface area contributed by atoms with Crippen LogP contribution in [0.1, 0.15) is 16.2 Å². The van der Waals surface area contributed by atoms with Crippen LogP contribution in [0.3, 0.4) is 0 Å². The maximum atomic E-state index is 12.4. The molecule has 0 spiro atoms. The van der Waals surface area contributed by atoms with Crippen LogP contribution in [0.5, 0.6) is 11.5 Å². The summed E-state index contributed by atoms with van der Waals surface area (Å²) in [5.74, 6) is -1.01. The molecular weight excluding hydrogens is 480 g/mol. The number of urea groups is 1. The maximum Gasteiger partial charge on any atom is 0.363 e. The molecule has 0 unspecified atom stereocenters. The molecule has 0 atom stereocenters. The van der Waals surface area contributed by atoms with Crippen LogP contribution in [0, 0.1) is 6.92 Å². The topological polar surface area (TPSA) is 138 Å². The van der Waals surface area contributed by atoms with Crippen molar-refractivity contribution in [3.05, 3.63) is 75.2 Å². The van der Waals surface area contributed by atoms with Crippen LogP contribution in [0.4, 0.5) is 10.5 Å². The quantitative estimate of drug-likeness (QED) is 0.512. The number of carbonyl (C=O) groups excluding carboxylic acids is 3. The van der Waals surface area contributed by atoms with Crippen LogP contribution in [-0.4, -0.2) is 47.5 Å². The second kappa shape index (κ2) is 10.3. The van der Waals surface area contributed by atoms with Gasteiger partial charge in [0, 0.05) is 28.5 Å². The molecule has 2 heterocycles. The molecule has 0 saturated heterocycles. The van der Waals surface area contributed by atoms with E-state index in [1.54, 1.807) is 49.4 Å². The van der Waals surface area contributed by atoms with Gasteiger partial charge in [-0.1, -0.05) is 11.6 Å². The van der Waals surface area contributed by atoms with E-state index in [1.807, 2.05) is 5.32 Å². The van der Waals surface area contributed by atoms with Crippen LogP contribution < -0.4 is 25.5 Å². The third-order valence-corrected chi connectivity index (χ3v) is 5.01. The lowest BCUT2D eigenvalue weighted by molar-refractivity contribution is -0.123. The molecule has 2 N–H and O–H groups in total. The van der Waals surface area contributed by atoms with E-state index in [2.05, 4.69) is 10.4 Å². The first kappa shape index (κ1) is 23.8. The van der Waals surface area contributed by atoms with E-state index < -0.39 is 35.6 Å². The number of ether oxygens (including phenoxy) is 3. The summed E-state index contributed by atoms with van der Waals surface area (Å²) >= 11 is 5.90. The van der Waals surface area contributed by atoms with Gasteiger partial charge in [-0.15, -0.1) is 0 Å². The summed E-state index contributed by atoms with van der Waals surface area (Å²) in [6.45, 7) is 1.66. The standard InChI is InChI=1S/C23H19ClN4O7/c1-13-10-17(29)21(27-28(13)16-5-2-14(24)3-6-16)22(31)35-12-20(30)26-23(32)25-15-4-7-18-19(11-15)34-9-8-33-18/h2-7,10-11H,8-9,12H2,1H3,(H2,25,26,30,32). The molecule has 0 aliphatic carbocycles. The number of rotatable bonds is 5. The SMILES string of the molecule is Cc1cc(=O)c(C(=O)OCC(=O)NC(=O)Nc2ccc3c(c2)OCCO3)nn1-c1ccc(Cl)cc1. The Labute approximate surface area is 203 Å². The smallest absolute Gasteiger partial charge is 0.363 e. The second-order valence-electron chi connectivity index (χ2n) is 7.32. The minimum absolute atomic E-state index is 0.364. The lowest BCUT2D eigenvalue weighted by atomic mass is 10.2. The predicted octanol–water partition coefficient (Wildman–Crippen LogP) is 2.47. The van der Waals surface area contributed by atoms with Gasteiger partial charge in [0.2, 0.25) is 11.1 Å². The minimum Gasteiger partial charge on any atom is -0.486 e. The molecule has 0 saturated carbocycles. The molecule has 3 aromatic rings. The molecule has 0 bridgehead atoms. The predicted molar refractivity (Wildman–Crippen MR) is 124 cm³/mol. The number of hydrogen-bond donors (Lipinski definition) is 2. The van der Waals surface area contributed by atoms with E-state index in [0.29, 0.717) is 46.8 Å². The summed E-state index contributed by atoms with van der Waals surface area (Å²) < 4.78 is 17.1. The van der Waals surface area contributed by atoms with Crippen molar-refractivity contribution in [2.75, 3.05) is 25.1 Å². The Balaban J connectivity index is 1.35. The van der Waals surface area contributed by atoms with Crippen molar-refractivity contribution in [1.29, 1.82) is 0 Å². The number of nitrogens with zero attached hydrogens (tertiary/aromatic N) is 2. The van der Waals surface area contributed by atoms with Crippen molar-refractivity contribution in [2.45, 2.75) is 6.92 Å². The van der Waals surface area contributed by atoms with Crippen molar-refractivity contribution >= 4 is 35.2 Å². The van der Waals surface area contributed by atoms with Gasteiger partial charge in [-0.25, -0.2) is 14.3 Å². The molecular formula is C23H19ClN4O7. The van der Waals surface area contributed by atoms with E-state index in [1.165, 1.54) is 10.7 Å². The van der Waals surface area contributed by atoms with E-state index in [4.69, 9.17) is 25.8 Å². The molecule has 1 aromatic heterocycles. The summed E-state index contributed by atoms with van der Waals surface area (Å²) in [6, 6.07) is 11.7. The lowest BCUT2D eigenvalue weighted by Crippen LogP contribution is -2.37. The van der Waals surface area contributed by atoms with Gasteiger partial charge in [-0.05, 0) is 43.3 Å². The number of amides is 3. The van der Waals surface area contributed by atoms with Gasteiger partial charge in [-0.2, -0.15) is 5.10 Å². The van der Waals surface area contributed by atoms with Gasteiger partial charge < -0.3 is 19.5 Å². The van der Waals surface area contributed by atoms with Crippen LogP contribution in [-0.2, 0) is 9.53 Å². The highest BCUT2D eigenvalue weighted by Crippen LogP contribution is 2.32. The van der Waals surface area contributed by atoms with E-state index >= 15 is 0 Å². The molecule has 1 aliphatic rings. The Bertz CT molecular complexity index is 1350. The Morgan fingerprint density at radius 1 is 1.06 bits per heavy atom. The third kappa shape index (κ3) is 5.76. The molecule has 11 nitrogen and oxygen atoms in total. The largest absolute Gasteiger partial charge is 0.486 e. The van der Waals surface area contributed by atoms with Gasteiger partial charge in [0.15, 0.2) is 18.1 Å². The molecule has 12 heteroatoms. The molecule has 0 radical (unpaired) electrons. The highest BCUT2D eigenvalue weighted by molar-refractivity contribution is 6.30. The number of nitrogens with one attached hydrogen (secondary N) is 2. The number of benzene rings is 2. The van der Waals surface area contributed by atoms with Gasteiger partial charge in [0.1, 0.15) is 13.2 Å². The Morgan fingerprint density at radius 3 is 2.51 bits per heavy atom. The Kier molecular flexibility index (Phi) is 6.97. The zero-order chi connectivity index (χ0) is 24.9. The zero-order valence-corrected chi connectivity index (χ0v) is 19.1. The first-order valence-corrected chi connectivity index (χ1v) is 10.7. The fraction of sp³-hybridized carbons (Fsp3) is 0.174. The van der Waals surface area contributed by atoms with E-state index in [-0.39, 0.29) is 0 Å². The van der Waals surface area contributed by atoms with E-state index in [9.17, 15) is 19.2 Å². The number of imide groups is 1. The molecule has 1 aliphatic heterocycles. The van der Waals surface area contributed by atoms with Crippen molar-refractivity contribution in [2.24, 2.45) is 0 Å². The van der Waals surface area contributed by atoms with Crippen LogP contribution in [0.25, 0.3) is 5.69 Å². The van der Waals surface area contributed by atoms with Crippen LogP contribution in [0.2, 0.25) is 5.02 Å². The third-order valence-electron chi connectivity index (χ3n) is 4.76. The normalized spacial score (nSPS) is 11.9. The average Bonchev–Trinajstić information content (AvgIpc) is 2.83. The van der Waals surface area contributed by atoms with Gasteiger partial charge in [0.25, 0.3) is 5.91 Å². The van der Waals surface area contributed by atoms with E-state index in [0.717, 1.165) is 0 Å². The Morgan fingerprint density at radius 2 is 1.77 bits per heavy atom. The molecule has 2 aromatic carbocycles. The van der Waals surface area contributed by atoms with Gasteiger partial charge in [-0.3, -0.25) is 14.9 Å². The molecule has 35 heavy (non-hydrogen) atoms. The summed E-state index contributed by atoms with van der Waals surface area (Å²) in [4.78, 5) is 48.8. The minimum atomic E-state index is -1.11. The maximum absolute atomic E-state index is 12.4. The second-order valence-corrected chi connectivity index (χ2v) is 7.76. The first-order valence-electron chi connectivity index (χ1n) is 10.3. The Hall–Kier alpha value is -4.38. The number of halogens is 1. The van der Waals surface area contributed by atoms with Crippen LogP contribution in [0.15, 0.2) is 53.3 Å². The van der Waals surface area contributed by atoms with Crippen molar-refractivity contribution in [3.8, 4) is 17.2 Å². The molecule has 3 amide bonds. The average molecular weight is 499 g/mol. The highest BCUT2D eigenvalue weighted by Gasteiger charge is 2.19. The molecule has 0 fully saturated rings. The fourth-order valence-electron chi connectivity index (χ4n) is 3.18. The summed E-state index contributed by atoms with van der Waals surface area (Å²) in [7, 11) is 0. The monoisotopic (exact) mass is 498 g/mol. The highest BCUT2D eigenvalue weighted by atomic mass is 35.5. The molecule has 4 rings (SSSR count).